The largest absolute Gasteiger partial charge is 0.506 e. The van der Waals surface area contributed by atoms with Gasteiger partial charge >= 0.3 is 5.97 Å². The van der Waals surface area contributed by atoms with Gasteiger partial charge in [-0.2, -0.15) is 0 Å². The fraction of sp³-hybridized carbons (Fsp3) is 0.688. The van der Waals surface area contributed by atoms with Crippen molar-refractivity contribution in [2.45, 2.75) is 63.0 Å². The highest BCUT2D eigenvalue weighted by atomic mass is 16.6. The molecule has 9 heteroatoms. The highest BCUT2D eigenvalue weighted by Gasteiger charge is 2.49. The minimum Gasteiger partial charge on any atom is -0.506 e. The summed E-state index contributed by atoms with van der Waals surface area (Å²) in [6.07, 6.45) is -0.371. The van der Waals surface area contributed by atoms with Gasteiger partial charge < -0.3 is 30.7 Å². The number of nitrogens with one attached hydrogen (secondary N) is 1. The van der Waals surface area contributed by atoms with Crippen LogP contribution in [-0.2, 0) is 23.9 Å². The van der Waals surface area contributed by atoms with E-state index >= 15 is 0 Å². The molecule has 25 heavy (non-hydrogen) atoms. The molecule has 0 bridgehead atoms. The van der Waals surface area contributed by atoms with Crippen LogP contribution in [0.5, 0.6) is 0 Å². The van der Waals surface area contributed by atoms with Gasteiger partial charge in [-0.05, 0) is 26.2 Å². The van der Waals surface area contributed by atoms with Crippen molar-refractivity contribution in [3.63, 3.8) is 0 Å². The highest BCUT2D eigenvalue weighted by Crippen LogP contribution is 2.36. The maximum Gasteiger partial charge on any atom is 0.325 e. The summed E-state index contributed by atoms with van der Waals surface area (Å²) < 4.78 is 10.3. The molecule has 0 aromatic rings. The summed E-state index contributed by atoms with van der Waals surface area (Å²) in [7, 11) is 1.34. The first-order valence-corrected chi connectivity index (χ1v) is 8.05. The van der Waals surface area contributed by atoms with E-state index in [1.807, 2.05) is 0 Å². The number of methoxy groups -OCH3 is 1. The van der Waals surface area contributed by atoms with E-state index in [4.69, 9.17) is 15.2 Å². The van der Waals surface area contributed by atoms with Crippen molar-refractivity contribution >= 4 is 17.7 Å². The number of ketones is 1. The van der Waals surface area contributed by atoms with Gasteiger partial charge in [0.25, 0.3) is 0 Å². The average Bonchev–Trinajstić information content (AvgIpc) is 2.51. The molecule has 1 saturated carbocycles. The smallest absolute Gasteiger partial charge is 0.325 e. The Hall–Kier alpha value is -1.97. The number of nitrogens with two attached hydrogens (primary N) is 1. The van der Waals surface area contributed by atoms with Crippen molar-refractivity contribution in [3.8, 4) is 0 Å². The standard InChI is InChI=1S/C16H24N2O7/c1-15(23)7-6-9(24-3)12(20)11(15)13(21)16(2)18-10(19)5-4-8(17)14(22)25-16/h8-9,21,23H,4-7,17H2,1-3H3,(H,18,19)/b13-11+/t8-,9+,15-,16?/m0/s1. The molecule has 1 unspecified atom stereocenters. The van der Waals surface area contributed by atoms with E-state index < -0.39 is 46.9 Å². The Balaban J connectivity index is 2.53. The summed E-state index contributed by atoms with van der Waals surface area (Å²) >= 11 is 0. The van der Waals surface area contributed by atoms with Gasteiger partial charge in [0.1, 0.15) is 12.1 Å². The van der Waals surface area contributed by atoms with E-state index in [-0.39, 0.29) is 31.3 Å². The molecule has 2 fully saturated rings. The minimum atomic E-state index is -2.02. The van der Waals surface area contributed by atoms with Crippen molar-refractivity contribution < 1.29 is 34.1 Å². The summed E-state index contributed by atoms with van der Waals surface area (Å²) in [5, 5.41) is 23.7. The molecule has 140 valence electrons. The minimum absolute atomic E-state index is 0.0422. The van der Waals surface area contributed by atoms with Crippen LogP contribution in [0.1, 0.15) is 39.5 Å². The highest BCUT2D eigenvalue weighted by molar-refractivity contribution is 6.02. The Bertz CT molecular complexity index is 628. The molecule has 2 rings (SSSR count). The number of carbonyl (C=O) groups excluding carboxylic acids is 3. The molecule has 1 amide bonds. The first-order chi connectivity index (χ1) is 11.5. The zero-order valence-corrected chi connectivity index (χ0v) is 14.5. The predicted octanol–water partition coefficient (Wildman–Crippen LogP) is -0.576. The van der Waals surface area contributed by atoms with E-state index in [1.54, 1.807) is 0 Å². The SMILES string of the molecule is CO[C@@H]1CC[C@](C)(O)/C(=C(/O)C2(C)NC(=O)CC[C@H](N)C(=O)O2)C1=O. The number of Topliss-reactive ketones (excluding diaryl/α,β-unsaturated/α-hetero) is 1. The third-order valence-corrected chi connectivity index (χ3v) is 4.61. The van der Waals surface area contributed by atoms with Gasteiger partial charge in [-0.15, -0.1) is 0 Å². The second-order valence-electron chi connectivity index (χ2n) is 6.77. The van der Waals surface area contributed by atoms with Crippen molar-refractivity contribution in [1.29, 1.82) is 0 Å². The number of hydrogen-bond donors (Lipinski definition) is 4. The van der Waals surface area contributed by atoms with Crippen LogP contribution in [0, 0.1) is 0 Å². The van der Waals surface area contributed by atoms with Crippen molar-refractivity contribution in [1.82, 2.24) is 5.32 Å². The van der Waals surface area contributed by atoms with Crippen molar-refractivity contribution in [2.24, 2.45) is 5.73 Å². The molecule has 0 radical (unpaired) electrons. The lowest BCUT2D eigenvalue weighted by Gasteiger charge is -2.39. The Morgan fingerprint density at radius 3 is 2.56 bits per heavy atom. The first kappa shape index (κ1) is 19.4. The molecule has 2 aliphatic rings. The van der Waals surface area contributed by atoms with E-state index in [9.17, 15) is 24.6 Å². The number of aliphatic hydroxyl groups excluding tert-OH is 1. The number of rotatable bonds is 2. The molecule has 1 heterocycles. The molecule has 9 nitrogen and oxygen atoms in total. The molecule has 4 atom stereocenters. The van der Waals surface area contributed by atoms with Gasteiger partial charge in [0, 0.05) is 20.5 Å². The Morgan fingerprint density at radius 2 is 1.96 bits per heavy atom. The zero-order chi connectivity index (χ0) is 19.0. The molecule has 0 spiro atoms. The van der Waals surface area contributed by atoms with Gasteiger partial charge in [0.15, 0.2) is 11.5 Å². The summed E-state index contributed by atoms with van der Waals surface area (Å²) in [6, 6.07) is -1.03. The van der Waals surface area contributed by atoms with Crippen LogP contribution in [0.2, 0.25) is 0 Å². The number of hydrogen-bond acceptors (Lipinski definition) is 8. The Morgan fingerprint density at radius 1 is 1.32 bits per heavy atom. The van der Waals surface area contributed by atoms with Crippen LogP contribution in [-0.4, -0.2) is 58.5 Å². The van der Waals surface area contributed by atoms with E-state index in [0.717, 1.165) is 0 Å². The monoisotopic (exact) mass is 356 g/mol. The van der Waals surface area contributed by atoms with Gasteiger partial charge in [0.05, 0.1) is 11.2 Å². The Labute approximate surface area is 145 Å². The van der Waals surface area contributed by atoms with E-state index in [2.05, 4.69) is 5.32 Å². The van der Waals surface area contributed by atoms with Gasteiger partial charge in [-0.25, -0.2) is 0 Å². The molecular formula is C16H24N2O7. The van der Waals surface area contributed by atoms with Gasteiger partial charge in [0.2, 0.25) is 11.6 Å². The third-order valence-electron chi connectivity index (χ3n) is 4.61. The lowest BCUT2D eigenvalue weighted by molar-refractivity contribution is -0.167. The molecule has 5 N–H and O–H groups in total. The molecule has 1 saturated heterocycles. The second-order valence-corrected chi connectivity index (χ2v) is 6.77. The van der Waals surface area contributed by atoms with Crippen LogP contribution in [0.25, 0.3) is 0 Å². The number of aliphatic hydroxyl groups is 2. The number of carbonyl (C=O) groups is 3. The van der Waals surface area contributed by atoms with Crippen LogP contribution in [0.3, 0.4) is 0 Å². The summed E-state index contributed by atoms with van der Waals surface area (Å²) in [4.78, 5) is 36.6. The number of cyclic esters (lactones) is 1. The summed E-state index contributed by atoms with van der Waals surface area (Å²) in [6.45, 7) is 2.59. The normalized spacial score (nSPS) is 39.2. The first-order valence-electron chi connectivity index (χ1n) is 8.05. The van der Waals surface area contributed by atoms with Crippen LogP contribution < -0.4 is 11.1 Å². The number of ether oxygens (including phenoxy) is 2. The summed E-state index contributed by atoms with van der Waals surface area (Å²) in [5.41, 5.74) is 1.61. The molecular weight excluding hydrogens is 332 g/mol. The average molecular weight is 356 g/mol. The van der Waals surface area contributed by atoms with E-state index in [0.29, 0.717) is 0 Å². The van der Waals surface area contributed by atoms with Gasteiger partial charge in [-0.1, -0.05) is 0 Å². The second kappa shape index (κ2) is 6.74. The van der Waals surface area contributed by atoms with Crippen LogP contribution in [0.15, 0.2) is 11.3 Å². The number of amides is 1. The van der Waals surface area contributed by atoms with Crippen molar-refractivity contribution in [2.75, 3.05) is 7.11 Å². The van der Waals surface area contributed by atoms with Crippen LogP contribution in [0.4, 0.5) is 0 Å². The maximum atomic E-state index is 12.6. The zero-order valence-electron chi connectivity index (χ0n) is 14.5. The fourth-order valence-corrected chi connectivity index (χ4v) is 3.07. The molecule has 1 aliphatic heterocycles. The maximum absolute atomic E-state index is 12.6. The lowest BCUT2D eigenvalue weighted by Crippen LogP contribution is -2.57. The summed E-state index contributed by atoms with van der Waals surface area (Å²) in [5.74, 6) is -2.71. The molecule has 0 aromatic heterocycles. The molecule has 0 aromatic carbocycles. The topological polar surface area (TPSA) is 148 Å². The van der Waals surface area contributed by atoms with Crippen molar-refractivity contribution in [3.05, 3.63) is 11.3 Å². The third kappa shape index (κ3) is 3.68. The van der Waals surface area contributed by atoms with E-state index in [1.165, 1.54) is 21.0 Å². The fourth-order valence-electron chi connectivity index (χ4n) is 3.07. The quantitative estimate of drug-likeness (QED) is 0.292. The lowest BCUT2D eigenvalue weighted by atomic mass is 9.77. The number of esters is 1. The van der Waals surface area contributed by atoms with Crippen LogP contribution >= 0.6 is 0 Å². The Kier molecular flexibility index (Phi) is 5.22. The molecule has 1 aliphatic carbocycles. The predicted molar refractivity (Wildman–Crippen MR) is 85.2 cm³/mol. The van der Waals surface area contributed by atoms with Gasteiger partial charge in [-0.3, -0.25) is 14.4 Å².